The first-order valence-corrected chi connectivity index (χ1v) is 6.41. The van der Waals surface area contributed by atoms with Crippen molar-refractivity contribution < 1.29 is 9.47 Å². The van der Waals surface area contributed by atoms with Gasteiger partial charge in [0, 0.05) is 19.8 Å². The summed E-state index contributed by atoms with van der Waals surface area (Å²) in [7, 11) is 0. The summed E-state index contributed by atoms with van der Waals surface area (Å²) < 4.78 is 10.9. The fourth-order valence-electron chi connectivity index (χ4n) is 2.00. The molecule has 3 nitrogen and oxygen atoms in total. The van der Waals surface area contributed by atoms with Gasteiger partial charge in [-0.2, -0.15) is 0 Å². The van der Waals surface area contributed by atoms with E-state index in [0.717, 1.165) is 44.6 Å². The van der Waals surface area contributed by atoms with Crippen molar-refractivity contribution in [1.29, 1.82) is 0 Å². The minimum atomic E-state index is 0.727. The molecule has 1 saturated heterocycles. The van der Waals surface area contributed by atoms with Gasteiger partial charge in [-0.15, -0.1) is 0 Å². The van der Waals surface area contributed by atoms with E-state index in [1.165, 1.54) is 12.8 Å². The highest BCUT2D eigenvalue weighted by Gasteiger charge is 2.14. The summed E-state index contributed by atoms with van der Waals surface area (Å²) in [5.41, 5.74) is 0. The molecule has 0 spiro atoms. The molecule has 1 aromatic carbocycles. The highest BCUT2D eigenvalue weighted by atomic mass is 16.5. The van der Waals surface area contributed by atoms with E-state index in [4.69, 9.17) is 9.47 Å². The molecule has 0 radical (unpaired) electrons. The van der Waals surface area contributed by atoms with Gasteiger partial charge in [-0.05, 0) is 37.4 Å². The van der Waals surface area contributed by atoms with Crippen molar-refractivity contribution in [2.75, 3.05) is 32.9 Å². The third-order valence-electron chi connectivity index (χ3n) is 3.04. The smallest absolute Gasteiger partial charge is 0.119 e. The zero-order valence-corrected chi connectivity index (χ0v) is 10.2. The number of benzene rings is 1. The van der Waals surface area contributed by atoms with Crippen molar-refractivity contribution in [3.63, 3.8) is 0 Å². The van der Waals surface area contributed by atoms with Gasteiger partial charge in [0.15, 0.2) is 0 Å². The lowest BCUT2D eigenvalue weighted by Gasteiger charge is -2.09. The molecule has 0 aliphatic carbocycles. The predicted octanol–water partition coefficient (Wildman–Crippen LogP) is 2.08. The first-order chi connectivity index (χ1) is 8.45. The average molecular weight is 235 g/mol. The van der Waals surface area contributed by atoms with Crippen molar-refractivity contribution in [3.8, 4) is 5.75 Å². The second-order valence-electron chi connectivity index (χ2n) is 4.43. The quantitative estimate of drug-likeness (QED) is 0.734. The Balaban J connectivity index is 1.46. The fourth-order valence-corrected chi connectivity index (χ4v) is 2.00. The van der Waals surface area contributed by atoms with Crippen LogP contribution in [0.25, 0.3) is 0 Å². The molecule has 0 aromatic heterocycles. The molecule has 94 valence electrons. The van der Waals surface area contributed by atoms with Crippen LogP contribution in [-0.4, -0.2) is 32.9 Å². The van der Waals surface area contributed by atoms with Crippen LogP contribution in [0.1, 0.15) is 12.8 Å². The molecule has 1 atom stereocenters. The van der Waals surface area contributed by atoms with Crippen molar-refractivity contribution in [2.24, 2.45) is 5.92 Å². The summed E-state index contributed by atoms with van der Waals surface area (Å²) >= 11 is 0. The second kappa shape index (κ2) is 7.30. The molecule has 1 aromatic rings. The number of hydrogen-bond acceptors (Lipinski definition) is 3. The van der Waals surface area contributed by atoms with Gasteiger partial charge >= 0.3 is 0 Å². The highest BCUT2D eigenvalue weighted by Crippen LogP contribution is 2.15. The topological polar surface area (TPSA) is 30.5 Å². The van der Waals surface area contributed by atoms with Gasteiger partial charge in [0.1, 0.15) is 12.4 Å². The van der Waals surface area contributed by atoms with Crippen LogP contribution in [-0.2, 0) is 4.74 Å². The molecule has 1 heterocycles. The minimum Gasteiger partial charge on any atom is -0.492 e. The molecule has 3 heteroatoms. The molecule has 1 unspecified atom stereocenters. The van der Waals surface area contributed by atoms with Gasteiger partial charge < -0.3 is 14.8 Å². The molecule has 2 rings (SSSR count). The Morgan fingerprint density at radius 3 is 2.88 bits per heavy atom. The maximum absolute atomic E-state index is 5.59. The Morgan fingerprint density at radius 2 is 2.12 bits per heavy atom. The van der Waals surface area contributed by atoms with Gasteiger partial charge in [-0.25, -0.2) is 0 Å². The number of ether oxygens (including phenoxy) is 2. The normalized spacial score (nSPS) is 19.4. The van der Waals surface area contributed by atoms with Gasteiger partial charge in [-0.1, -0.05) is 18.2 Å². The highest BCUT2D eigenvalue weighted by molar-refractivity contribution is 5.20. The molecule has 0 amide bonds. The Bertz CT molecular complexity index is 296. The molecule has 0 saturated carbocycles. The lowest BCUT2D eigenvalue weighted by molar-refractivity contribution is 0.184. The van der Waals surface area contributed by atoms with Crippen LogP contribution in [0.5, 0.6) is 5.75 Å². The summed E-state index contributed by atoms with van der Waals surface area (Å²) in [6.07, 6.45) is 2.44. The standard InChI is InChI=1S/C14H21NO2/c1-2-4-14(5-3-1)17-11-9-15-8-6-13-7-10-16-12-13/h1-5,13,15H,6-12H2. The molecule has 17 heavy (non-hydrogen) atoms. The lowest BCUT2D eigenvalue weighted by Crippen LogP contribution is -2.23. The van der Waals surface area contributed by atoms with Gasteiger partial charge in [0.25, 0.3) is 0 Å². The minimum absolute atomic E-state index is 0.727. The van der Waals surface area contributed by atoms with E-state index >= 15 is 0 Å². The van der Waals surface area contributed by atoms with E-state index in [1.807, 2.05) is 30.3 Å². The van der Waals surface area contributed by atoms with E-state index in [-0.39, 0.29) is 0 Å². The van der Waals surface area contributed by atoms with Gasteiger partial charge in [-0.3, -0.25) is 0 Å². The van der Waals surface area contributed by atoms with Crippen LogP contribution < -0.4 is 10.1 Å². The maximum atomic E-state index is 5.59. The van der Waals surface area contributed by atoms with E-state index in [9.17, 15) is 0 Å². The second-order valence-corrected chi connectivity index (χ2v) is 4.43. The number of para-hydroxylation sites is 1. The average Bonchev–Trinajstić information content (AvgIpc) is 2.88. The first kappa shape index (κ1) is 12.4. The largest absolute Gasteiger partial charge is 0.492 e. The van der Waals surface area contributed by atoms with E-state index in [1.54, 1.807) is 0 Å². The molecule has 1 aliphatic heterocycles. The zero-order valence-electron chi connectivity index (χ0n) is 10.2. The first-order valence-electron chi connectivity index (χ1n) is 6.41. The van der Waals surface area contributed by atoms with Crippen LogP contribution in [0.4, 0.5) is 0 Å². The van der Waals surface area contributed by atoms with Gasteiger partial charge in [0.05, 0.1) is 0 Å². The fraction of sp³-hybridized carbons (Fsp3) is 0.571. The Morgan fingerprint density at radius 1 is 1.24 bits per heavy atom. The molecule has 1 N–H and O–H groups in total. The van der Waals surface area contributed by atoms with Crippen LogP contribution in [0.15, 0.2) is 30.3 Å². The zero-order chi connectivity index (χ0) is 11.8. The monoisotopic (exact) mass is 235 g/mol. The summed E-state index contributed by atoms with van der Waals surface area (Å²) in [6, 6.07) is 9.94. The summed E-state index contributed by atoms with van der Waals surface area (Å²) in [6.45, 7) is 4.59. The number of hydrogen-bond donors (Lipinski definition) is 1. The number of rotatable bonds is 7. The number of nitrogens with one attached hydrogen (secondary N) is 1. The van der Waals surface area contributed by atoms with Crippen molar-refractivity contribution in [2.45, 2.75) is 12.8 Å². The molecule has 1 fully saturated rings. The SMILES string of the molecule is c1ccc(OCCNCCC2CCOC2)cc1. The molecular weight excluding hydrogens is 214 g/mol. The van der Waals surface area contributed by atoms with Gasteiger partial charge in [0.2, 0.25) is 0 Å². The van der Waals surface area contributed by atoms with E-state index in [2.05, 4.69) is 5.32 Å². The Labute approximate surface area is 103 Å². The predicted molar refractivity (Wildman–Crippen MR) is 68.3 cm³/mol. The molecule has 1 aliphatic rings. The van der Waals surface area contributed by atoms with E-state index < -0.39 is 0 Å². The Kier molecular flexibility index (Phi) is 5.33. The van der Waals surface area contributed by atoms with Crippen LogP contribution in [0, 0.1) is 5.92 Å². The maximum Gasteiger partial charge on any atom is 0.119 e. The van der Waals surface area contributed by atoms with Crippen molar-refractivity contribution in [1.82, 2.24) is 5.32 Å². The lowest BCUT2D eigenvalue weighted by atomic mass is 10.1. The third-order valence-corrected chi connectivity index (χ3v) is 3.04. The summed E-state index contributed by atoms with van der Waals surface area (Å²) in [4.78, 5) is 0. The van der Waals surface area contributed by atoms with E-state index in [0.29, 0.717) is 0 Å². The van der Waals surface area contributed by atoms with Crippen molar-refractivity contribution in [3.05, 3.63) is 30.3 Å². The third kappa shape index (κ3) is 4.75. The van der Waals surface area contributed by atoms with Crippen LogP contribution in [0.3, 0.4) is 0 Å². The molecular formula is C14H21NO2. The van der Waals surface area contributed by atoms with Crippen LogP contribution >= 0.6 is 0 Å². The summed E-state index contributed by atoms with van der Waals surface area (Å²) in [5, 5.41) is 3.40. The van der Waals surface area contributed by atoms with Crippen LogP contribution in [0.2, 0.25) is 0 Å². The summed E-state index contributed by atoms with van der Waals surface area (Å²) in [5.74, 6) is 1.70. The Hall–Kier alpha value is -1.06. The van der Waals surface area contributed by atoms with Crippen molar-refractivity contribution >= 4 is 0 Å². The molecule has 0 bridgehead atoms.